The number of pyridine rings is 1. The largest absolute Gasteiger partial charge is 0.345 e. The van der Waals surface area contributed by atoms with Crippen LogP contribution in [-0.4, -0.2) is 35.1 Å². The quantitative estimate of drug-likeness (QED) is 0.733. The van der Waals surface area contributed by atoms with Gasteiger partial charge >= 0.3 is 0 Å². The van der Waals surface area contributed by atoms with Gasteiger partial charge in [-0.25, -0.2) is 0 Å². The number of aromatic nitrogens is 1. The molecule has 0 spiro atoms. The van der Waals surface area contributed by atoms with E-state index in [0.717, 1.165) is 17.9 Å². The predicted octanol–water partition coefficient (Wildman–Crippen LogP) is 3.57. The Balaban J connectivity index is 1.69. The zero-order valence-electron chi connectivity index (χ0n) is 13.2. The third kappa shape index (κ3) is 5.53. The molecule has 1 amide bonds. The Morgan fingerprint density at radius 2 is 1.95 bits per heavy atom. The molecule has 4 heteroatoms. The first-order valence-electron chi connectivity index (χ1n) is 7.48. The normalized spacial score (nSPS) is 10.5. The van der Waals surface area contributed by atoms with Gasteiger partial charge in [0.2, 0.25) is 5.91 Å². The minimum atomic E-state index is 0.190. The Morgan fingerprint density at radius 3 is 2.64 bits per heavy atom. The maximum atomic E-state index is 12.1. The van der Waals surface area contributed by atoms with E-state index in [1.54, 1.807) is 22.9 Å². The van der Waals surface area contributed by atoms with Crippen molar-refractivity contribution in [3.8, 4) is 0 Å². The standard InChI is InChI=1S/C18H22N2OS/c1-15-6-8-17(9-7-15)22-14-11-18(21)20(2)13-10-16-5-3-4-12-19-16/h3-9,12H,10-11,13-14H2,1-2H3. The van der Waals surface area contributed by atoms with E-state index in [-0.39, 0.29) is 5.91 Å². The van der Waals surface area contributed by atoms with E-state index in [2.05, 4.69) is 36.2 Å². The van der Waals surface area contributed by atoms with Gasteiger partial charge in [0.25, 0.3) is 0 Å². The highest BCUT2D eigenvalue weighted by Gasteiger charge is 2.09. The lowest BCUT2D eigenvalue weighted by molar-refractivity contribution is -0.129. The zero-order chi connectivity index (χ0) is 15.8. The minimum absolute atomic E-state index is 0.190. The van der Waals surface area contributed by atoms with Crippen molar-refractivity contribution in [2.45, 2.75) is 24.7 Å². The number of benzene rings is 1. The van der Waals surface area contributed by atoms with Crippen LogP contribution >= 0.6 is 11.8 Å². The third-order valence-corrected chi connectivity index (χ3v) is 4.47. The first kappa shape index (κ1) is 16.6. The number of rotatable bonds is 7. The van der Waals surface area contributed by atoms with Crippen LogP contribution in [0.2, 0.25) is 0 Å². The summed E-state index contributed by atoms with van der Waals surface area (Å²) in [6, 6.07) is 14.3. The van der Waals surface area contributed by atoms with Gasteiger partial charge in [-0.3, -0.25) is 9.78 Å². The summed E-state index contributed by atoms with van der Waals surface area (Å²) in [5.74, 6) is 1.01. The van der Waals surface area contributed by atoms with Gasteiger partial charge in [0.05, 0.1) is 0 Å². The van der Waals surface area contributed by atoms with Gasteiger partial charge < -0.3 is 4.90 Å². The first-order valence-corrected chi connectivity index (χ1v) is 8.47. The molecule has 0 aliphatic heterocycles. The number of thioether (sulfide) groups is 1. The predicted molar refractivity (Wildman–Crippen MR) is 92.1 cm³/mol. The van der Waals surface area contributed by atoms with E-state index < -0.39 is 0 Å². The van der Waals surface area contributed by atoms with Crippen LogP contribution in [0.15, 0.2) is 53.6 Å². The number of aryl methyl sites for hydroxylation is 1. The van der Waals surface area contributed by atoms with E-state index >= 15 is 0 Å². The van der Waals surface area contributed by atoms with Gasteiger partial charge in [-0.15, -0.1) is 11.8 Å². The molecular weight excluding hydrogens is 292 g/mol. The fourth-order valence-electron chi connectivity index (χ4n) is 2.03. The van der Waals surface area contributed by atoms with Crippen LogP contribution in [0.3, 0.4) is 0 Å². The summed E-state index contributed by atoms with van der Waals surface area (Å²) in [4.78, 5) is 19.4. The Hall–Kier alpha value is -1.81. The van der Waals surface area contributed by atoms with Crippen molar-refractivity contribution in [2.24, 2.45) is 0 Å². The van der Waals surface area contributed by atoms with E-state index in [9.17, 15) is 4.79 Å². The topological polar surface area (TPSA) is 33.2 Å². The lowest BCUT2D eigenvalue weighted by Gasteiger charge is -2.16. The number of hydrogen-bond donors (Lipinski definition) is 0. The maximum absolute atomic E-state index is 12.1. The van der Waals surface area contributed by atoms with E-state index in [4.69, 9.17) is 0 Å². The van der Waals surface area contributed by atoms with Crippen LogP contribution in [0, 0.1) is 6.92 Å². The Kier molecular flexibility index (Phi) is 6.46. The number of carbonyl (C=O) groups is 1. The summed E-state index contributed by atoms with van der Waals surface area (Å²) >= 11 is 1.73. The molecule has 0 bridgehead atoms. The molecule has 0 atom stereocenters. The average Bonchev–Trinajstić information content (AvgIpc) is 2.55. The van der Waals surface area contributed by atoms with Gasteiger partial charge in [-0.1, -0.05) is 23.8 Å². The fourth-order valence-corrected chi connectivity index (χ4v) is 2.88. The van der Waals surface area contributed by atoms with Crippen LogP contribution in [0.25, 0.3) is 0 Å². The second kappa shape index (κ2) is 8.59. The molecule has 0 N–H and O–H groups in total. The molecule has 1 aromatic heterocycles. The molecule has 0 aliphatic carbocycles. The van der Waals surface area contributed by atoms with Crippen LogP contribution in [0.1, 0.15) is 17.7 Å². The van der Waals surface area contributed by atoms with Crippen molar-refractivity contribution in [3.63, 3.8) is 0 Å². The van der Waals surface area contributed by atoms with E-state index in [1.165, 1.54) is 10.5 Å². The minimum Gasteiger partial charge on any atom is -0.345 e. The second-order valence-corrected chi connectivity index (χ2v) is 6.47. The molecule has 2 aromatic rings. The molecule has 0 aliphatic rings. The zero-order valence-corrected chi connectivity index (χ0v) is 14.0. The Bertz CT molecular complexity index is 584. The SMILES string of the molecule is Cc1ccc(SCCC(=O)N(C)CCc2ccccn2)cc1. The van der Waals surface area contributed by atoms with Crippen molar-refractivity contribution in [2.75, 3.05) is 19.3 Å². The second-order valence-electron chi connectivity index (χ2n) is 5.30. The van der Waals surface area contributed by atoms with Gasteiger partial charge in [-0.05, 0) is 31.2 Å². The molecule has 0 unspecified atom stereocenters. The summed E-state index contributed by atoms with van der Waals surface area (Å²) in [5.41, 5.74) is 2.28. The van der Waals surface area contributed by atoms with Crippen molar-refractivity contribution in [1.82, 2.24) is 9.88 Å². The number of nitrogens with zero attached hydrogens (tertiary/aromatic N) is 2. The molecule has 0 saturated carbocycles. The van der Waals surface area contributed by atoms with Gasteiger partial charge in [0.1, 0.15) is 0 Å². The molecule has 1 heterocycles. The monoisotopic (exact) mass is 314 g/mol. The van der Waals surface area contributed by atoms with Crippen LogP contribution in [0.4, 0.5) is 0 Å². The van der Waals surface area contributed by atoms with Crippen molar-refractivity contribution in [3.05, 3.63) is 59.9 Å². The molecular formula is C18H22N2OS. The molecule has 0 fully saturated rings. The molecule has 0 saturated heterocycles. The highest BCUT2D eigenvalue weighted by atomic mass is 32.2. The van der Waals surface area contributed by atoms with Gasteiger partial charge in [-0.2, -0.15) is 0 Å². The van der Waals surface area contributed by atoms with E-state index in [0.29, 0.717) is 13.0 Å². The highest BCUT2D eigenvalue weighted by Crippen LogP contribution is 2.19. The van der Waals surface area contributed by atoms with Crippen LogP contribution in [-0.2, 0) is 11.2 Å². The lowest BCUT2D eigenvalue weighted by atomic mass is 10.2. The highest BCUT2D eigenvalue weighted by molar-refractivity contribution is 7.99. The molecule has 22 heavy (non-hydrogen) atoms. The van der Waals surface area contributed by atoms with Crippen molar-refractivity contribution in [1.29, 1.82) is 0 Å². The first-order chi connectivity index (χ1) is 10.6. The maximum Gasteiger partial charge on any atom is 0.223 e. The van der Waals surface area contributed by atoms with Crippen LogP contribution in [0.5, 0.6) is 0 Å². The summed E-state index contributed by atoms with van der Waals surface area (Å²) < 4.78 is 0. The third-order valence-electron chi connectivity index (χ3n) is 3.46. The number of likely N-dealkylation sites (N-methyl/N-ethyl adjacent to an activating group) is 1. The van der Waals surface area contributed by atoms with E-state index in [1.807, 2.05) is 25.2 Å². The van der Waals surface area contributed by atoms with Crippen LogP contribution < -0.4 is 0 Å². The van der Waals surface area contributed by atoms with Crippen molar-refractivity contribution < 1.29 is 4.79 Å². The lowest BCUT2D eigenvalue weighted by Crippen LogP contribution is -2.29. The smallest absolute Gasteiger partial charge is 0.223 e. The number of hydrogen-bond acceptors (Lipinski definition) is 3. The number of amides is 1. The Morgan fingerprint density at radius 1 is 1.18 bits per heavy atom. The fraction of sp³-hybridized carbons (Fsp3) is 0.333. The molecule has 0 radical (unpaired) electrons. The molecule has 116 valence electrons. The molecule has 3 nitrogen and oxygen atoms in total. The number of carbonyl (C=O) groups excluding carboxylic acids is 1. The summed E-state index contributed by atoms with van der Waals surface area (Å²) in [6.07, 6.45) is 3.15. The van der Waals surface area contributed by atoms with Gasteiger partial charge in [0, 0.05) is 49.0 Å². The average molecular weight is 314 g/mol. The molecule has 2 rings (SSSR count). The van der Waals surface area contributed by atoms with Crippen molar-refractivity contribution >= 4 is 17.7 Å². The Labute approximate surface area is 136 Å². The molecule has 1 aromatic carbocycles. The summed E-state index contributed by atoms with van der Waals surface area (Å²) in [7, 11) is 1.86. The summed E-state index contributed by atoms with van der Waals surface area (Å²) in [5, 5.41) is 0. The van der Waals surface area contributed by atoms with Gasteiger partial charge in [0.15, 0.2) is 0 Å². The summed E-state index contributed by atoms with van der Waals surface area (Å²) in [6.45, 7) is 2.79.